The zero-order chi connectivity index (χ0) is 18.1. The largest absolute Gasteiger partial charge is 0.489 e. The number of ether oxygens (including phenoxy) is 2. The van der Waals surface area contributed by atoms with Gasteiger partial charge in [-0.3, -0.25) is 14.5 Å². The first-order valence-corrected chi connectivity index (χ1v) is 8.67. The van der Waals surface area contributed by atoms with E-state index in [2.05, 4.69) is 15.5 Å². The van der Waals surface area contributed by atoms with E-state index >= 15 is 0 Å². The van der Waals surface area contributed by atoms with Gasteiger partial charge in [0.05, 0.1) is 25.0 Å². The highest BCUT2D eigenvalue weighted by Gasteiger charge is 2.14. The molecule has 138 valence electrons. The summed E-state index contributed by atoms with van der Waals surface area (Å²) in [6, 6.07) is 7.20. The molecule has 0 unspecified atom stereocenters. The summed E-state index contributed by atoms with van der Waals surface area (Å²) in [6.07, 6.45) is -0.208. The zero-order valence-electron chi connectivity index (χ0n) is 14.9. The van der Waals surface area contributed by atoms with E-state index in [1.807, 2.05) is 26.0 Å². The third-order valence-corrected chi connectivity index (χ3v) is 3.70. The molecule has 0 saturated carbocycles. The van der Waals surface area contributed by atoms with Crippen LogP contribution >= 0.6 is 0 Å². The highest BCUT2D eigenvalue weighted by atomic mass is 16.5. The number of morpholine rings is 1. The smallest absolute Gasteiger partial charge is 0.233 e. The molecule has 1 heterocycles. The molecule has 7 nitrogen and oxygen atoms in total. The Labute approximate surface area is 148 Å². The van der Waals surface area contributed by atoms with Crippen LogP contribution in [0.5, 0.6) is 5.75 Å². The standard InChI is InChI=1S/C18H27N3O4/c1-14(2)25-16-6-4-3-5-15(16)20-18(23)13-17(22)19-7-8-21-9-11-24-12-10-21/h3-6,14H,7-13H2,1-2H3,(H,19,22)(H,20,23). The molecule has 0 aromatic heterocycles. The van der Waals surface area contributed by atoms with E-state index in [-0.39, 0.29) is 24.3 Å². The summed E-state index contributed by atoms with van der Waals surface area (Å²) in [5.41, 5.74) is 0.572. The molecule has 0 atom stereocenters. The maximum Gasteiger partial charge on any atom is 0.233 e. The van der Waals surface area contributed by atoms with Gasteiger partial charge in [0.25, 0.3) is 0 Å². The van der Waals surface area contributed by atoms with Gasteiger partial charge in [0.1, 0.15) is 12.2 Å². The van der Waals surface area contributed by atoms with Gasteiger partial charge in [0.15, 0.2) is 0 Å². The average molecular weight is 349 g/mol. The van der Waals surface area contributed by atoms with E-state index in [1.54, 1.807) is 12.1 Å². The number of hydrogen-bond acceptors (Lipinski definition) is 5. The van der Waals surface area contributed by atoms with Crippen molar-refractivity contribution < 1.29 is 19.1 Å². The fourth-order valence-corrected chi connectivity index (χ4v) is 2.51. The molecule has 1 aromatic carbocycles. The van der Waals surface area contributed by atoms with Gasteiger partial charge in [-0.2, -0.15) is 0 Å². The number of anilines is 1. The van der Waals surface area contributed by atoms with Crippen molar-refractivity contribution in [1.29, 1.82) is 0 Å². The summed E-state index contributed by atoms with van der Waals surface area (Å²) >= 11 is 0. The van der Waals surface area contributed by atoms with Gasteiger partial charge in [0.2, 0.25) is 11.8 Å². The van der Waals surface area contributed by atoms with Crippen LogP contribution < -0.4 is 15.4 Å². The molecule has 7 heteroatoms. The molecule has 1 aliphatic heterocycles. The van der Waals surface area contributed by atoms with Gasteiger partial charge in [-0.1, -0.05) is 12.1 Å². The van der Waals surface area contributed by atoms with Crippen LogP contribution in [0.3, 0.4) is 0 Å². The van der Waals surface area contributed by atoms with Crippen molar-refractivity contribution in [2.45, 2.75) is 26.4 Å². The quantitative estimate of drug-likeness (QED) is 0.691. The number of carbonyl (C=O) groups excluding carboxylic acids is 2. The predicted octanol–water partition coefficient (Wildman–Crippen LogP) is 1.25. The maximum absolute atomic E-state index is 12.1. The van der Waals surface area contributed by atoms with Gasteiger partial charge < -0.3 is 20.1 Å². The lowest BCUT2D eigenvalue weighted by molar-refractivity contribution is -0.126. The molecule has 1 aliphatic rings. The number of carbonyl (C=O) groups is 2. The van der Waals surface area contributed by atoms with E-state index < -0.39 is 0 Å². The Morgan fingerprint density at radius 3 is 2.64 bits per heavy atom. The summed E-state index contributed by atoms with van der Waals surface area (Å²) < 4.78 is 10.9. The van der Waals surface area contributed by atoms with Crippen LogP contribution in [0.4, 0.5) is 5.69 Å². The van der Waals surface area contributed by atoms with Crippen LogP contribution in [0.15, 0.2) is 24.3 Å². The van der Waals surface area contributed by atoms with Crippen molar-refractivity contribution in [1.82, 2.24) is 10.2 Å². The van der Waals surface area contributed by atoms with Gasteiger partial charge in [0, 0.05) is 26.2 Å². The Bertz CT molecular complexity index is 571. The van der Waals surface area contributed by atoms with Crippen LogP contribution in [0, 0.1) is 0 Å². The summed E-state index contributed by atoms with van der Waals surface area (Å²) in [4.78, 5) is 26.2. The Morgan fingerprint density at radius 1 is 1.20 bits per heavy atom. The van der Waals surface area contributed by atoms with Gasteiger partial charge in [-0.25, -0.2) is 0 Å². The lowest BCUT2D eigenvalue weighted by Gasteiger charge is -2.26. The molecular weight excluding hydrogens is 322 g/mol. The first-order chi connectivity index (χ1) is 12.0. The minimum Gasteiger partial charge on any atom is -0.489 e. The predicted molar refractivity (Wildman–Crippen MR) is 95.7 cm³/mol. The van der Waals surface area contributed by atoms with Crippen molar-refractivity contribution >= 4 is 17.5 Å². The number of amides is 2. The van der Waals surface area contributed by atoms with Gasteiger partial charge in [-0.05, 0) is 26.0 Å². The maximum atomic E-state index is 12.1. The number of nitrogens with zero attached hydrogens (tertiary/aromatic N) is 1. The van der Waals surface area contributed by atoms with Crippen LogP contribution in [0.1, 0.15) is 20.3 Å². The van der Waals surface area contributed by atoms with E-state index in [9.17, 15) is 9.59 Å². The monoisotopic (exact) mass is 349 g/mol. The van der Waals surface area contributed by atoms with Crippen molar-refractivity contribution in [2.24, 2.45) is 0 Å². The molecule has 0 aliphatic carbocycles. The summed E-state index contributed by atoms with van der Waals surface area (Å²) in [6.45, 7) is 8.34. The topological polar surface area (TPSA) is 79.9 Å². The first-order valence-electron chi connectivity index (χ1n) is 8.67. The molecule has 25 heavy (non-hydrogen) atoms. The molecule has 1 aromatic rings. The lowest BCUT2D eigenvalue weighted by Crippen LogP contribution is -2.41. The first kappa shape index (κ1) is 19.2. The van der Waals surface area contributed by atoms with Crippen molar-refractivity contribution in [2.75, 3.05) is 44.7 Å². The van der Waals surface area contributed by atoms with E-state index in [0.717, 1.165) is 32.8 Å². The number of rotatable bonds is 8. The van der Waals surface area contributed by atoms with Gasteiger partial charge in [-0.15, -0.1) is 0 Å². The molecule has 2 N–H and O–H groups in total. The minimum absolute atomic E-state index is 0.00142. The van der Waals surface area contributed by atoms with Crippen LogP contribution in [-0.2, 0) is 14.3 Å². The molecule has 1 saturated heterocycles. The number of para-hydroxylation sites is 2. The Morgan fingerprint density at radius 2 is 1.92 bits per heavy atom. The number of nitrogens with one attached hydrogen (secondary N) is 2. The zero-order valence-corrected chi connectivity index (χ0v) is 14.9. The van der Waals surface area contributed by atoms with Crippen molar-refractivity contribution in [3.63, 3.8) is 0 Å². The fraction of sp³-hybridized carbons (Fsp3) is 0.556. The molecular formula is C18H27N3O4. The Balaban J connectivity index is 1.73. The molecule has 0 spiro atoms. The third-order valence-electron chi connectivity index (χ3n) is 3.70. The summed E-state index contributed by atoms with van der Waals surface area (Å²) in [7, 11) is 0. The molecule has 2 rings (SSSR count). The molecule has 1 fully saturated rings. The van der Waals surface area contributed by atoms with Crippen LogP contribution in [-0.4, -0.2) is 62.2 Å². The third kappa shape index (κ3) is 7.11. The van der Waals surface area contributed by atoms with Crippen LogP contribution in [0.25, 0.3) is 0 Å². The number of hydrogen-bond donors (Lipinski definition) is 2. The lowest BCUT2D eigenvalue weighted by atomic mass is 10.2. The second-order valence-corrected chi connectivity index (χ2v) is 6.19. The molecule has 2 amide bonds. The minimum atomic E-state index is -0.358. The van der Waals surface area contributed by atoms with Crippen molar-refractivity contribution in [3.8, 4) is 5.75 Å². The normalized spacial score (nSPS) is 15.0. The second kappa shape index (κ2) is 10.0. The average Bonchev–Trinajstić information content (AvgIpc) is 2.57. The fourth-order valence-electron chi connectivity index (χ4n) is 2.51. The van der Waals surface area contributed by atoms with E-state index in [4.69, 9.17) is 9.47 Å². The SMILES string of the molecule is CC(C)Oc1ccccc1NC(=O)CC(=O)NCCN1CCOCC1. The molecule has 0 radical (unpaired) electrons. The highest BCUT2D eigenvalue weighted by molar-refractivity contribution is 6.04. The van der Waals surface area contributed by atoms with E-state index in [1.165, 1.54) is 0 Å². The summed E-state index contributed by atoms with van der Waals surface area (Å²) in [5.74, 6) is -0.0460. The Kier molecular flexibility index (Phi) is 7.69. The number of benzene rings is 1. The summed E-state index contributed by atoms with van der Waals surface area (Å²) in [5, 5.41) is 5.51. The second-order valence-electron chi connectivity index (χ2n) is 6.19. The van der Waals surface area contributed by atoms with Crippen molar-refractivity contribution in [3.05, 3.63) is 24.3 Å². The molecule has 0 bridgehead atoms. The van der Waals surface area contributed by atoms with Gasteiger partial charge >= 0.3 is 0 Å². The van der Waals surface area contributed by atoms with E-state index in [0.29, 0.717) is 18.0 Å². The Hall–Kier alpha value is -2.12. The van der Waals surface area contributed by atoms with Crippen LogP contribution in [0.2, 0.25) is 0 Å². The highest BCUT2D eigenvalue weighted by Crippen LogP contribution is 2.24.